The van der Waals surface area contributed by atoms with Gasteiger partial charge in [-0.1, -0.05) is 20.8 Å². The van der Waals surface area contributed by atoms with Crippen molar-refractivity contribution in [1.82, 2.24) is 0 Å². The van der Waals surface area contributed by atoms with E-state index in [9.17, 15) is 24.9 Å². The first-order valence-electron chi connectivity index (χ1n) is 12.4. The minimum atomic E-state index is -1.45. The number of hydrogen-bond donors (Lipinski definition) is 3. The fourth-order valence-electron chi connectivity index (χ4n) is 8.98. The largest absolute Gasteiger partial charge is 0.393 e. The highest BCUT2D eigenvalue weighted by Gasteiger charge is 2.70. The Balaban J connectivity index is 1.67. The highest BCUT2D eigenvalue weighted by molar-refractivity contribution is 9.06. The summed E-state index contributed by atoms with van der Waals surface area (Å²) in [7, 11) is 0. The zero-order chi connectivity index (χ0) is 23.5. The first-order valence-corrected chi connectivity index (χ1v) is 13.0. The van der Waals surface area contributed by atoms with Crippen LogP contribution >= 0.6 is 16.3 Å². The standard InChI is InChI=1S/C25H39BrO6/c1-14(4-7-21(30)32-26)17-5-6-18-22-19(12-25(31,13-27)24(17,18)3)23(2)9-8-16(28)10-15(23)11-20(22)29/h13-20,22,28-29,31H,4-12H2,1-3H3/t14-,15+,16-,17-,18+,19+,20-,22+,23+,24-,25-/m1/s1. The van der Waals surface area contributed by atoms with Gasteiger partial charge in [-0.05, 0) is 92.3 Å². The van der Waals surface area contributed by atoms with E-state index in [0.29, 0.717) is 32.1 Å². The van der Waals surface area contributed by atoms with E-state index in [2.05, 4.69) is 40.9 Å². The predicted octanol–water partition coefficient (Wildman–Crippen LogP) is 3.79. The Morgan fingerprint density at radius 3 is 2.56 bits per heavy atom. The summed E-state index contributed by atoms with van der Waals surface area (Å²) in [5.41, 5.74) is -2.17. The maximum absolute atomic E-state index is 12.5. The minimum Gasteiger partial charge on any atom is -0.393 e. The van der Waals surface area contributed by atoms with Crippen LogP contribution in [-0.2, 0) is 13.4 Å². The maximum Gasteiger partial charge on any atom is 0.317 e. The van der Waals surface area contributed by atoms with Crippen LogP contribution in [0.1, 0.15) is 78.6 Å². The molecule has 0 heterocycles. The normalized spacial score (nSPS) is 51.2. The van der Waals surface area contributed by atoms with Gasteiger partial charge in [0, 0.05) is 11.8 Å². The van der Waals surface area contributed by atoms with Gasteiger partial charge in [0.15, 0.2) is 22.5 Å². The lowest BCUT2D eigenvalue weighted by molar-refractivity contribution is -0.235. The van der Waals surface area contributed by atoms with Crippen molar-refractivity contribution in [2.45, 2.75) is 96.4 Å². The van der Waals surface area contributed by atoms with Gasteiger partial charge in [-0.3, -0.25) is 4.79 Å². The quantitative estimate of drug-likeness (QED) is 0.482. The van der Waals surface area contributed by atoms with Gasteiger partial charge in [-0.25, -0.2) is 0 Å². The zero-order valence-corrected chi connectivity index (χ0v) is 21.1. The van der Waals surface area contributed by atoms with Crippen molar-refractivity contribution >= 4 is 28.5 Å². The van der Waals surface area contributed by atoms with Gasteiger partial charge in [-0.2, -0.15) is 0 Å². The molecule has 0 aromatic heterocycles. The lowest BCUT2D eigenvalue weighted by atomic mass is 9.40. The zero-order valence-electron chi connectivity index (χ0n) is 19.5. The van der Waals surface area contributed by atoms with Crippen LogP contribution in [0.15, 0.2) is 0 Å². The summed E-state index contributed by atoms with van der Waals surface area (Å²) in [6.07, 6.45) is 6.08. The van der Waals surface area contributed by atoms with Crippen LogP contribution in [0.5, 0.6) is 0 Å². The molecule has 4 aliphatic rings. The van der Waals surface area contributed by atoms with Crippen LogP contribution in [0, 0.1) is 46.3 Å². The number of halogens is 1. The summed E-state index contributed by atoms with van der Waals surface area (Å²) in [4.78, 5) is 24.2. The fraction of sp³-hybridized carbons (Fsp3) is 0.920. The van der Waals surface area contributed by atoms with Gasteiger partial charge < -0.3 is 23.9 Å². The molecule has 0 amide bonds. The van der Waals surface area contributed by atoms with Crippen molar-refractivity contribution in [2.75, 3.05) is 0 Å². The molecule has 0 aliphatic heterocycles. The van der Waals surface area contributed by atoms with E-state index in [1.165, 1.54) is 0 Å². The Labute approximate surface area is 199 Å². The molecule has 6 nitrogen and oxygen atoms in total. The smallest absolute Gasteiger partial charge is 0.317 e. The van der Waals surface area contributed by atoms with E-state index in [0.717, 1.165) is 32.0 Å². The van der Waals surface area contributed by atoms with E-state index in [4.69, 9.17) is 0 Å². The number of carbonyl (C=O) groups excluding carboxylic acids is 2. The second-order valence-corrected chi connectivity index (χ2v) is 12.2. The van der Waals surface area contributed by atoms with Crippen molar-refractivity contribution in [2.24, 2.45) is 46.3 Å². The molecule has 0 bridgehead atoms. The first kappa shape index (κ1) is 24.6. The average Bonchev–Trinajstić information content (AvgIpc) is 3.12. The third-order valence-corrected chi connectivity index (χ3v) is 11.2. The van der Waals surface area contributed by atoms with Crippen molar-refractivity contribution in [3.05, 3.63) is 0 Å². The molecular formula is C25H39BrO6. The van der Waals surface area contributed by atoms with Crippen LogP contribution < -0.4 is 0 Å². The number of hydrogen-bond acceptors (Lipinski definition) is 6. The highest BCUT2D eigenvalue weighted by atomic mass is 79.9. The van der Waals surface area contributed by atoms with Crippen molar-refractivity contribution in [1.29, 1.82) is 0 Å². The summed E-state index contributed by atoms with van der Waals surface area (Å²) in [5.74, 6) is 0.329. The highest BCUT2D eigenvalue weighted by Crippen LogP contribution is 2.70. The number of fused-ring (bicyclic) bond motifs is 5. The molecule has 7 heteroatoms. The molecule has 32 heavy (non-hydrogen) atoms. The number of aldehydes is 1. The molecule has 11 atom stereocenters. The summed E-state index contributed by atoms with van der Waals surface area (Å²) < 4.78 is 4.63. The molecule has 182 valence electrons. The van der Waals surface area contributed by atoms with Crippen LogP contribution in [0.3, 0.4) is 0 Å². The monoisotopic (exact) mass is 514 g/mol. The van der Waals surface area contributed by atoms with Crippen molar-refractivity contribution < 1.29 is 28.7 Å². The maximum atomic E-state index is 12.5. The second kappa shape index (κ2) is 8.62. The van der Waals surface area contributed by atoms with E-state index in [1.807, 2.05) is 0 Å². The molecule has 0 aromatic carbocycles. The van der Waals surface area contributed by atoms with Gasteiger partial charge in [0.05, 0.1) is 12.2 Å². The predicted molar refractivity (Wildman–Crippen MR) is 122 cm³/mol. The molecular weight excluding hydrogens is 476 g/mol. The molecule has 4 aliphatic carbocycles. The summed E-state index contributed by atoms with van der Waals surface area (Å²) in [6, 6.07) is 0. The van der Waals surface area contributed by atoms with Gasteiger partial charge in [0.25, 0.3) is 0 Å². The van der Waals surface area contributed by atoms with Gasteiger partial charge in [-0.15, -0.1) is 0 Å². The Kier molecular flexibility index (Phi) is 6.63. The molecule has 0 spiro atoms. The topological polar surface area (TPSA) is 104 Å². The molecule has 4 saturated carbocycles. The van der Waals surface area contributed by atoms with Crippen molar-refractivity contribution in [3.8, 4) is 0 Å². The van der Waals surface area contributed by atoms with E-state index in [-0.39, 0.29) is 53.0 Å². The molecule has 0 unspecified atom stereocenters. The first-order chi connectivity index (χ1) is 15.0. The van der Waals surface area contributed by atoms with E-state index < -0.39 is 17.1 Å². The van der Waals surface area contributed by atoms with Gasteiger partial charge in [0.2, 0.25) is 0 Å². The third kappa shape index (κ3) is 3.52. The number of aliphatic hydroxyl groups is 3. The molecule has 4 rings (SSSR count). The van der Waals surface area contributed by atoms with Crippen LogP contribution in [-0.4, -0.2) is 45.4 Å². The van der Waals surface area contributed by atoms with Crippen molar-refractivity contribution in [3.63, 3.8) is 0 Å². The molecule has 0 radical (unpaired) electrons. The summed E-state index contributed by atoms with van der Waals surface area (Å²) in [5, 5.41) is 33.6. The SMILES string of the molecule is C[C@H](CCC(=O)OBr)[C@H]1CC[C@H]2[C@@H]3[C@H](O)C[C@@H]4C[C@H](O)CC[C@]4(C)[C@H]3C[C@@](O)(C=O)[C@]12C. The molecule has 0 saturated heterocycles. The number of carbonyl (C=O) groups is 2. The number of rotatable bonds is 5. The average molecular weight is 515 g/mol. The third-order valence-electron chi connectivity index (χ3n) is 10.8. The van der Waals surface area contributed by atoms with Crippen LogP contribution in [0.2, 0.25) is 0 Å². The lowest BCUT2D eigenvalue weighted by Crippen LogP contribution is -2.67. The fourth-order valence-corrected chi connectivity index (χ4v) is 9.15. The molecule has 0 aromatic rings. The molecule has 4 fully saturated rings. The number of aliphatic hydroxyl groups excluding tert-OH is 2. The molecule has 3 N–H and O–H groups in total. The Morgan fingerprint density at radius 2 is 1.91 bits per heavy atom. The van der Waals surface area contributed by atoms with Crippen LogP contribution in [0.4, 0.5) is 0 Å². The Hall–Kier alpha value is -0.500. The van der Waals surface area contributed by atoms with Gasteiger partial charge in [0.1, 0.15) is 5.60 Å². The minimum absolute atomic E-state index is 0.0569. The summed E-state index contributed by atoms with van der Waals surface area (Å²) >= 11 is 2.75. The van der Waals surface area contributed by atoms with Crippen LogP contribution in [0.25, 0.3) is 0 Å². The summed E-state index contributed by atoms with van der Waals surface area (Å²) in [6.45, 7) is 6.43. The lowest BCUT2D eigenvalue weighted by Gasteiger charge is -2.65. The van der Waals surface area contributed by atoms with E-state index >= 15 is 0 Å². The Bertz CT molecular complexity index is 746. The van der Waals surface area contributed by atoms with E-state index in [1.54, 1.807) is 0 Å². The van der Waals surface area contributed by atoms with Gasteiger partial charge >= 0.3 is 5.97 Å². The Morgan fingerprint density at radius 1 is 1.19 bits per heavy atom. The second-order valence-electron chi connectivity index (χ2n) is 11.9.